The highest BCUT2D eigenvalue weighted by molar-refractivity contribution is 6.09. The lowest BCUT2D eigenvalue weighted by molar-refractivity contribution is 0.793. The summed E-state index contributed by atoms with van der Waals surface area (Å²) in [5.74, 6) is 0. The van der Waals surface area contributed by atoms with Crippen molar-refractivity contribution in [3.05, 3.63) is 265 Å². The molecule has 2 aliphatic carbocycles. The predicted octanol–water partition coefficient (Wildman–Crippen LogP) is 16.3. The van der Waals surface area contributed by atoms with E-state index in [-0.39, 0.29) is 0 Å². The van der Waals surface area contributed by atoms with Gasteiger partial charge in [-0.3, -0.25) is 0 Å². The third-order valence-electron chi connectivity index (χ3n) is 14.0. The van der Waals surface area contributed by atoms with Crippen LogP contribution in [0.25, 0.3) is 55.2 Å². The molecule has 1 aromatic heterocycles. The zero-order valence-electron chi connectivity index (χ0n) is 35.9. The van der Waals surface area contributed by atoms with Crippen LogP contribution in [-0.4, -0.2) is 4.57 Å². The first-order chi connectivity index (χ1) is 32.2. The average molecular weight is 830 g/mol. The van der Waals surface area contributed by atoms with E-state index in [1.54, 1.807) is 0 Å². The van der Waals surface area contributed by atoms with Crippen molar-refractivity contribution < 1.29 is 0 Å². The minimum Gasteiger partial charge on any atom is -0.344 e. The summed E-state index contributed by atoms with van der Waals surface area (Å²) in [5.41, 5.74) is 21.2. The quantitative estimate of drug-likeness (QED) is 0.159. The van der Waals surface area contributed by atoms with Gasteiger partial charge in [-0.05, 0) is 134 Å². The lowest BCUT2D eigenvalue weighted by Crippen LogP contribution is -2.26. The molecule has 2 aliphatic rings. The van der Waals surface area contributed by atoms with Crippen molar-refractivity contribution in [2.24, 2.45) is 7.05 Å². The van der Waals surface area contributed by atoms with Gasteiger partial charge in [0, 0.05) is 57.5 Å². The Hall–Kier alpha value is -8.40. The zero-order chi connectivity index (χ0) is 43.1. The Labute approximate surface area is 379 Å². The van der Waals surface area contributed by atoms with Crippen molar-refractivity contribution >= 4 is 55.9 Å². The summed E-state index contributed by atoms with van der Waals surface area (Å²) in [6.07, 6.45) is 0. The molecule has 0 amide bonds. The van der Waals surface area contributed by atoms with E-state index in [1.165, 1.54) is 77.4 Å². The summed E-state index contributed by atoms with van der Waals surface area (Å²) in [7, 11) is 2.19. The Bertz CT molecular complexity index is 3570. The van der Waals surface area contributed by atoms with E-state index in [0.717, 1.165) is 34.1 Å². The standard InChI is InChI=1S/C62H43N3/c1-63-60-31-16-13-28-54(60)55-37-34-49(41-61(55)63)65(46-25-17-20-43(38-46)42-18-5-2-6-19-42)48-33-36-53-51-27-12-15-30-57(51)62(59(53)40-48)56-29-14-11-26-50(56)52-35-32-47(39-58(52)62)64(44-21-7-3-8-22-44)45-23-9-4-10-24-45/h2-41H,1H3. The van der Waals surface area contributed by atoms with Crippen LogP contribution in [0.5, 0.6) is 0 Å². The number of hydrogen-bond donors (Lipinski definition) is 0. The van der Waals surface area contributed by atoms with E-state index in [1.807, 2.05) is 0 Å². The molecule has 0 saturated heterocycles. The molecule has 0 radical (unpaired) electrons. The fourth-order valence-corrected chi connectivity index (χ4v) is 11.2. The first kappa shape index (κ1) is 37.2. The Balaban J connectivity index is 1.07. The van der Waals surface area contributed by atoms with Crippen LogP contribution in [0.3, 0.4) is 0 Å². The molecule has 0 aliphatic heterocycles. The smallest absolute Gasteiger partial charge is 0.0727 e. The number of rotatable bonds is 7. The van der Waals surface area contributed by atoms with Gasteiger partial charge < -0.3 is 14.4 Å². The number of aromatic nitrogens is 1. The van der Waals surface area contributed by atoms with Crippen LogP contribution < -0.4 is 9.80 Å². The molecule has 0 fully saturated rings. The number of aryl methyl sites for hydroxylation is 1. The van der Waals surface area contributed by atoms with Gasteiger partial charge in [0.05, 0.1) is 10.9 Å². The molecule has 1 spiro atoms. The van der Waals surface area contributed by atoms with Gasteiger partial charge in [0.25, 0.3) is 0 Å². The van der Waals surface area contributed by atoms with Crippen molar-refractivity contribution in [2.45, 2.75) is 5.41 Å². The van der Waals surface area contributed by atoms with E-state index in [4.69, 9.17) is 0 Å². The molecule has 0 bridgehead atoms. The van der Waals surface area contributed by atoms with Crippen molar-refractivity contribution in [2.75, 3.05) is 9.80 Å². The monoisotopic (exact) mass is 829 g/mol. The Kier molecular flexibility index (Phi) is 8.34. The van der Waals surface area contributed by atoms with Crippen LogP contribution in [0.15, 0.2) is 243 Å². The topological polar surface area (TPSA) is 11.4 Å². The van der Waals surface area contributed by atoms with E-state index in [2.05, 4.69) is 264 Å². The second-order valence-corrected chi connectivity index (χ2v) is 17.3. The Morgan fingerprint density at radius 1 is 0.292 bits per heavy atom. The maximum atomic E-state index is 2.50. The van der Waals surface area contributed by atoms with Crippen LogP contribution in [0.1, 0.15) is 22.3 Å². The highest BCUT2D eigenvalue weighted by Gasteiger charge is 2.52. The molecule has 0 saturated carbocycles. The molecule has 65 heavy (non-hydrogen) atoms. The molecule has 3 heteroatoms. The predicted molar refractivity (Wildman–Crippen MR) is 272 cm³/mol. The second kappa shape index (κ2) is 14.6. The number of anilines is 6. The summed E-state index contributed by atoms with van der Waals surface area (Å²) in [6, 6.07) is 89.5. The SMILES string of the molecule is Cn1c2ccccc2c2ccc(N(c3cccc(-c4ccccc4)c3)c3ccc4c(c3)C3(c5ccccc5-c5ccc(N(c6ccccc6)c6ccccc6)cc53)c3ccccc3-4)cc21. The Morgan fingerprint density at radius 2 is 0.723 bits per heavy atom. The minimum absolute atomic E-state index is 0.569. The largest absolute Gasteiger partial charge is 0.344 e. The lowest BCUT2D eigenvalue weighted by atomic mass is 9.70. The van der Waals surface area contributed by atoms with Crippen LogP contribution in [0, 0.1) is 0 Å². The van der Waals surface area contributed by atoms with Crippen molar-refractivity contribution in [1.82, 2.24) is 4.57 Å². The highest BCUT2D eigenvalue weighted by atomic mass is 15.1. The maximum absolute atomic E-state index is 2.50. The minimum atomic E-state index is -0.569. The van der Waals surface area contributed by atoms with Gasteiger partial charge in [-0.2, -0.15) is 0 Å². The fraction of sp³-hybridized carbons (Fsp3) is 0.0323. The number of hydrogen-bond acceptors (Lipinski definition) is 2. The van der Waals surface area contributed by atoms with E-state index in [9.17, 15) is 0 Å². The number of para-hydroxylation sites is 3. The van der Waals surface area contributed by atoms with Gasteiger partial charge in [0.2, 0.25) is 0 Å². The van der Waals surface area contributed by atoms with E-state index in [0.29, 0.717) is 0 Å². The summed E-state index contributed by atoms with van der Waals surface area (Å²) >= 11 is 0. The van der Waals surface area contributed by atoms with Gasteiger partial charge in [-0.1, -0.05) is 164 Å². The van der Waals surface area contributed by atoms with Gasteiger partial charge in [-0.25, -0.2) is 0 Å². The molecule has 1 heterocycles. The fourth-order valence-electron chi connectivity index (χ4n) is 11.2. The maximum Gasteiger partial charge on any atom is 0.0727 e. The summed E-state index contributed by atoms with van der Waals surface area (Å²) < 4.78 is 2.33. The normalized spacial score (nSPS) is 14.3. The van der Waals surface area contributed by atoms with Crippen LogP contribution in [0.4, 0.5) is 34.1 Å². The molecule has 10 aromatic carbocycles. The van der Waals surface area contributed by atoms with Gasteiger partial charge >= 0.3 is 0 Å². The van der Waals surface area contributed by atoms with E-state index >= 15 is 0 Å². The van der Waals surface area contributed by atoms with Crippen LogP contribution >= 0.6 is 0 Å². The molecule has 3 nitrogen and oxygen atoms in total. The molecule has 306 valence electrons. The molecule has 1 atom stereocenters. The third kappa shape index (κ3) is 5.55. The summed E-state index contributed by atoms with van der Waals surface area (Å²) in [4.78, 5) is 4.85. The van der Waals surface area contributed by atoms with Crippen LogP contribution in [0.2, 0.25) is 0 Å². The first-order valence-corrected chi connectivity index (χ1v) is 22.5. The molecular formula is C62H43N3. The molecular weight excluding hydrogens is 787 g/mol. The molecule has 1 unspecified atom stereocenters. The van der Waals surface area contributed by atoms with E-state index < -0.39 is 5.41 Å². The van der Waals surface area contributed by atoms with Crippen molar-refractivity contribution in [3.8, 4) is 33.4 Å². The van der Waals surface area contributed by atoms with Gasteiger partial charge in [0.1, 0.15) is 0 Å². The zero-order valence-corrected chi connectivity index (χ0v) is 35.9. The van der Waals surface area contributed by atoms with Gasteiger partial charge in [-0.15, -0.1) is 0 Å². The molecule has 0 N–H and O–H groups in total. The average Bonchev–Trinajstić information content (AvgIpc) is 3.95. The number of benzene rings is 10. The van der Waals surface area contributed by atoms with Crippen LogP contribution in [-0.2, 0) is 12.5 Å². The number of nitrogens with zero attached hydrogens (tertiary/aromatic N) is 3. The second-order valence-electron chi connectivity index (χ2n) is 17.3. The Morgan fingerprint density at radius 3 is 1.35 bits per heavy atom. The first-order valence-electron chi connectivity index (χ1n) is 22.5. The third-order valence-corrected chi connectivity index (χ3v) is 14.0. The van der Waals surface area contributed by atoms with Crippen molar-refractivity contribution in [3.63, 3.8) is 0 Å². The lowest BCUT2D eigenvalue weighted by Gasteiger charge is -2.33. The summed E-state index contributed by atoms with van der Waals surface area (Å²) in [5, 5.41) is 2.52. The highest BCUT2D eigenvalue weighted by Crippen LogP contribution is 2.64. The van der Waals surface area contributed by atoms with Gasteiger partial charge in [0.15, 0.2) is 0 Å². The van der Waals surface area contributed by atoms with Crippen molar-refractivity contribution in [1.29, 1.82) is 0 Å². The summed E-state index contributed by atoms with van der Waals surface area (Å²) in [6.45, 7) is 0. The molecule has 13 rings (SSSR count). The number of fused-ring (bicyclic) bond motifs is 13. The molecule has 11 aromatic rings.